The predicted octanol–water partition coefficient (Wildman–Crippen LogP) is 3.63. The van der Waals surface area contributed by atoms with Gasteiger partial charge in [0, 0.05) is 18.4 Å². The summed E-state index contributed by atoms with van der Waals surface area (Å²) < 4.78 is 30.0. The van der Waals surface area contributed by atoms with Crippen molar-refractivity contribution >= 4 is 28.4 Å². The number of rotatable bonds is 7. The highest BCUT2D eigenvalue weighted by molar-refractivity contribution is 14.1. The van der Waals surface area contributed by atoms with Gasteiger partial charge in [0.2, 0.25) is 0 Å². The number of hydrogen-bond donors (Lipinski definition) is 1. The standard InChI is InChI=1S/C14H22F2IN3O/c1-5-18-13-11(17)12(14(2,3)4)19-10(20-13)6-7-21-8-9(15)16/h9H,5-8H2,1-4H3,(H,18,19,20). The number of aromatic nitrogens is 2. The molecule has 0 fully saturated rings. The van der Waals surface area contributed by atoms with E-state index in [1.165, 1.54) is 0 Å². The van der Waals surface area contributed by atoms with Gasteiger partial charge in [-0.25, -0.2) is 18.7 Å². The molecule has 0 spiro atoms. The lowest BCUT2D eigenvalue weighted by Gasteiger charge is -2.22. The summed E-state index contributed by atoms with van der Waals surface area (Å²) in [5.41, 5.74) is 0.847. The van der Waals surface area contributed by atoms with Gasteiger partial charge in [-0.05, 0) is 29.5 Å². The first-order valence-electron chi connectivity index (χ1n) is 6.92. The number of ether oxygens (including phenoxy) is 1. The van der Waals surface area contributed by atoms with Crippen LogP contribution in [0.2, 0.25) is 0 Å². The smallest absolute Gasteiger partial charge is 0.261 e. The van der Waals surface area contributed by atoms with Crippen LogP contribution in [-0.2, 0) is 16.6 Å². The summed E-state index contributed by atoms with van der Waals surface area (Å²) in [6, 6.07) is 0. The molecule has 1 N–H and O–H groups in total. The zero-order chi connectivity index (χ0) is 16.0. The molecule has 120 valence electrons. The fourth-order valence-corrected chi connectivity index (χ4v) is 2.96. The van der Waals surface area contributed by atoms with Gasteiger partial charge in [-0.1, -0.05) is 20.8 Å². The van der Waals surface area contributed by atoms with E-state index < -0.39 is 13.0 Å². The molecule has 0 unspecified atom stereocenters. The van der Waals surface area contributed by atoms with Crippen molar-refractivity contribution in [3.8, 4) is 0 Å². The lowest BCUT2D eigenvalue weighted by atomic mass is 9.92. The van der Waals surface area contributed by atoms with Gasteiger partial charge in [0.1, 0.15) is 18.2 Å². The van der Waals surface area contributed by atoms with Crippen LogP contribution >= 0.6 is 22.6 Å². The molecule has 0 aliphatic carbocycles. The number of hydrogen-bond acceptors (Lipinski definition) is 4. The molecule has 0 aliphatic heterocycles. The van der Waals surface area contributed by atoms with E-state index in [9.17, 15) is 8.78 Å². The number of nitrogens with zero attached hydrogens (tertiary/aromatic N) is 2. The lowest BCUT2D eigenvalue weighted by Crippen LogP contribution is -2.20. The minimum atomic E-state index is -2.44. The van der Waals surface area contributed by atoms with Crippen LogP contribution in [0.1, 0.15) is 39.2 Å². The third kappa shape index (κ3) is 5.98. The molecule has 0 saturated carbocycles. The van der Waals surface area contributed by atoms with Crippen molar-refractivity contribution in [2.75, 3.05) is 25.1 Å². The third-order valence-electron chi connectivity index (χ3n) is 2.67. The van der Waals surface area contributed by atoms with Crippen LogP contribution in [0.5, 0.6) is 0 Å². The maximum Gasteiger partial charge on any atom is 0.261 e. The van der Waals surface area contributed by atoms with E-state index in [2.05, 4.69) is 58.6 Å². The molecule has 7 heteroatoms. The van der Waals surface area contributed by atoms with Crippen molar-refractivity contribution in [2.24, 2.45) is 0 Å². The number of alkyl halides is 2. The second-order valence-corrected chi connectivity index (χ2v) is 6.73. The molecular formula is C14H22F2IN3O. The van der Waals surface area contributed by atoms with Gasteiger partial charge >= 0.3 is 0 Å². The van der Waals surface area contributed by atoms with Crippen molar-refractivity contribution < 1.29 is 13.5 Å². The highest BCUT2D eigenvalue weighted by Crippen LogP contribution is 2.29. The van der Waals surface area contributed by atoms with Crippen LogP contribution < -0.4 is 5.32 Å². The van der Waals surface area contributed by atoms with Crippen LogP contribution in [0.3, 0.4) is 0 Å². The van der Waals surface area contributed by atoms with Crippen LogP contribution in [0, 0.1) is 3.57 Å². The van der Waals surface area contributed by atoms with E-state index >= 15 is 0 Å². The fraction of sp³-hybridized carbons (Fsp3) is 0.714. The van der Waals surface area contributed by atoms with Gasteiger partial charge in [0.25, 0.3) is 6.43 Å². The minimum absolute atomic E-state index is 0.109. The molecule has 0 amide bonds. The molecule has 0 saturated heterocycles. The van der Waals surface area contributed by atoms with E-state index in [0.29, 0.717) is 12.2 Å². The molecule has 0 bridgehead atoms. The van der Waals surface area contributed by atoms with Gasteiger partial charge in [-0.15, -0.1) is 0 Å². The molecule has 4 nitrogen and oxygen atoms in total. The molecule has 1 aromatic rings. The highest BCUT2D eigenvalue weighted by atomic mass is 127. The number of halogens is 3. The Labute approximate surface area is 138 Å². The topological polar surface area (TPSA) is 47.0 Å². The molecule has 1 heterocycles. The molecule has 21 heavy (non-hydrogen) atoms. The first kappa shape index (κ1) is 18.5. The zero-order valence-corrected chi connectivity index (χ0v) is 15.0. The highest BCUT2D eigenvalue weighted by Gasteiger charge is 2.23. The minimum Gasteiger partial charge on any atom is -0.375 e. The quantitative estimate of drug-likeness (QED) is 0.548. The van der Waals surface area contributed by atoms with Crippen molar-refractivity contribution in [1.82, 2.24) is 9.97 Å². The third-order valence-corrected chi connectivity index (χ3v) is 3.69. The van der Waals surface area contributed by atoms with Crippen molar-refractivity contribution in [1.29, 1.82) is 0 Å². The monoisotopic (exact) mass is 413 g/mol. The zero-order valence-electron chi connectivity index (χ0n) is 12.8. The SMILES string of the molecule is CCNc1nc(CCOCC(F)F)nc(C(C)(C)C)c1I. The van der Waals surface area contributed by atoms with Crippen molar-refractivity contribution in [3.63, 3.8) is 0 Å². The van der Waals surface area contributed by atoms with Gasteiger partial charge in [0.15, 0.2) is 0 Å². The Kier molecular flexibility index (Phi) is 7.19. The lowest BCUT2D eigenvalue weighted by molar-refractivity contribution is 0.0182. The average molecular weight is 413 g/mol. The maximum absolute atomic E-state index is 12.0. The van der Waals surface area contributed by atoms with Gasteiger partial charge < -0.3 is 10.1 Å². The predicted molar refractivity (Wildman–Crippen MR) is 88.1 cm³/mol. The molecule has 0 aromatic carbocycles. The Morgan fingerprint density at radius 3 is 2.48 bits per heavy atom. The first-order chi connectivity index (χ1) is 9.75. The normalized spacial score (nSPS) is 12.0. The Morgan fingerprint density at radius 2 is 1.95 bits per heavy atom. The summed E-state index contributed by atoms with van der Waals surface area (Å²) in [4.78, 5) is 9.03. The van der Waals surface area contributed by atoms with E-state index in [1.807, 2.05) is 6.92 Å². The van der Waals surface area contributed by atoms with Gasteiger partial charge in [0.05, 0.1) is 15.9 Å². The van der Waals surface area contributed by atoms with Gasteiger partial charge in [-0.3, -0.25) is 0 Å². The Balaban J connectivity index is 2.91. The summed E-state index contributed by atoms with van der Waals surface area (Å²) >= 11 is 2.24. The first-order valence-corrected chi connectivity index (χ1v) is 8.00. The Bertz CT molecular complexity index is 464. The maximum atomic E-state index is 12.0. The van der Waals surface area contributed by atoms with Crippen LogP contribution in [0.4, 0.5) is 14.6 Å². The molecule has 0 aliphatic rings. The van der Waals surface area contributed by atoms with Crippen molar-refractivity contribution in [2.45, 2.75) is 46.0 Å². The molecule has 1 rings (SSSR count). The molecule has 0 radical (unpaired) electrons. The number of nitrogens with one attached hydrogen (secondary N) is 1. The van der Waals surface area contributed by atoms with Crippen molar-refractivity contribution in [3.05, 3.63) is 15.1 Å². The van der Waals surface area contributed by atoms with Crippen LogP contribution in [-0.4, -0.2) is 36.2 Å². The average Bonchev–Trinajstić information content (AvgIpc) is 2.36. The molecule has 0 atom stereocenters. The number of anilines is 1. The summed E-state index contributed by atoms with van der Waals surface area (Å²) in [6.07, 6.45) is -2.02. The summed E-state index contributed by atoms with van der Waals surface area (Å²) in [6.45, 7) is 8.67. The summed E-state index contributed by atoms with van der Waals surface area (Å²) in [5, 5.41) is 3.22. The van der Waals surface area contributed by atoms with Gasteiger partial charge in [-0.2, -0.15) is 0 Å². The fourth-order valence-electron chi connectivity index (χ4n) is 1.72. The van der Waals surface area contributed by atoms with Crippen LogP contribution in [0.15, 0.2) is 0 Å². The Hall–Kier alpha value is -0.570. The summed E-state index contributed by atoms with van der Waals surface area (Å²) in [7, 11) is 0. The molecular weight excluding hydrogens is 391 g/mol. The van der Waals surface area contributed by atoms with E-state index in [1.54, 1.807) is 0 Å². The second kappa shape index (κ2) is 8.17. The van der Waals surface area contributed by atoms with E-state index in [0.717, 1.165) is 21.6 Å². The largest absolute Gasteiger partial charge is 0.375 e. The Morgan fingerprint density at radius 1 is 1.29 bits per heavy atom. The van der Waals surface area contributed by atoms with E-state index in [-0.39, 0.29) is 12.0 Å². The van der Waals surface area contributed by atoms with E-state index in [4.69, 9.17) is 4.74 Å². The summed E-state index contributed by atoms with van der Waals surface area (Å²) in [5.74, 6) is 1.41. The van der Waals surface area contributed by atoms with Crippen LogP contribution in [0.25, 0.3) is 0 Å². The second-order valence-electron chi connectivity index (χ2n) is 5.65. The molecule has 1 aromatic heterocycles.